The minimum Gasteiger partial charge on any atom is -0.497 e. The molecule has 7 heteroatoms. The Bertz CT molecular complexity index is 782. The molecule has 2 aromatic carbocycles. The van der Waals surface area contributed by atoms with Crippen LogP contribution in [0.3, 0.4) is 0 Å². The SMILES string of the molecule is COc1cc(CN(c2cccc(OC)c2)S(C)(=O)=O)cc(OC)c1. The van der Waals surface area contributed by atoms with Crippen molar-refractivity contribution in [3.8, 4) is 17.2 Å². The normalized spacial score (nSPS) is 11.0. The molecule has 0 radical (unpaired) electrons. The summed E-state index contributed by atoms with van der Waals surface area (Å²) in [6, 6.07) is 12.2. The fourth-order valence-electron chi connectivity index (χ4n) is 2.29. The first kappa shape index (κ1) is 17.9. The summed E-state index contributed by atoms with van der Waals surface area (Å²) in [5.41, 5.74) is 1.28. The van der Waals surface area contributed by atoms with Crippen molar-refractivity contribution in [2.24, 2.45) is 0 Å². The van der Waals surface area contributed by atoms with Crippen molar-refractivity contribution in [1.29, 1.82) is 0 Å². The van der Waals surface area contributed by atoms with E-state index in [0.29, 0.717) is 22.9 Å². The molecule has 0 fully saturated rings. The van der Waals surface area contributed by atoms with E-state index in [0.717, 1.165) is 5.56 Å². The van der Waals surface area contributed by atoms with Gasteiger partial charge in [-0.1, -0.05) is 6.07 Å². The van der Waals surface area contributed by atoms with Gasteiger partial charge in [0.2, 0.25) is 10.0 Å². The minimum absolute atomic E-state index is 0.152. The third kappa shape index (κ3) is 4.32. The van der Waals surface area contributed by atoms with Gasteiger partial charge in [-0.3, -0.25) is 4.31 Å². The Kier molecular flexibility index (Phi) is 5.56. The fraction of sp³-hybridized carbons (Fsp3) is 0.294. The van der Waals surface area contributed by atoms with Crippen molar-refractivity contribution in [3.05, 3.63) is 48.0 Å². The molecule has 130 valence electrons. The van der Waals surface area contributed by atoms with Gasteiger partial charge in [0.05, 0.1) is 39.8 Å². The van der Waals surface area contributed by atoms with Crippen LogP contribution in [0.15, 0.2) is 42.5 Å². The molecular weight excluding hydrogens is 330 g/mol. The number of benzene rings is 2. The van der Waals surface area contributed by atoms with Crippen molar-refractivity contribution in [1.82, 2.24) is 0 Å². The van der Waals surface area contributed by atoms with Crippen LogP contribution in [0.25, 0.3) is 0 Å². The summed E-state index contributed by atoms with van der Waals surface area (Å²) in [5.74, 6) is 1.79. The number of rotatable bonds is 7. The Morgan fingerprint density at radius 2 is 1.46 bits per heavy atom. The van der Waals surface area contributed by atoms with E-state index in [1.54, 1.807) is 56.7 Å². The lowest BCUT2D eigenvalue weighted by Gasteiger charge is -2.23. The van der Waals surface area contributed by atoms with Crippen LogP contribution in [0.5, 0.6) is 17.2 Å². The Hall–Kier alpha value is -2.41. The molecule has 0 aliphatic heterocycles. The van der Waals surface area contributed by atoms with Gasteiger partial charge in [-0.15, -0.1) is 0 Å². The lowest BCUT2D eigenvalue weighted by Crippen LogP contribution is -2.29. The number of anilines is 1. The van der Waals surface area contributed by atoms with E-state index >= 15 is 0 Å². The van der Waals surface area contributed by atoms with Crippen LogP contribution < -0.4 is 18.5 Å². The molecule has 0 heterocycles. The van der Waals surface area contributed by atoms with E-state index in [-0.39, 0.29) is 6.54 Å². The predicted molar refractivity (Wildman–Crippen MR) is 93.6 cm³/mol. The smallest absolute Gasteiger partial charge is 0.232 e. The second kappa shape index (κ2) is 7.44. The predicted octanol–water partition coefficient (Wildman–Crippen LogP) is 2.68. The van der Waals surface area contributed by atoms with Gasteiger partial charge in [-0.25, -0.2) is 8.42 Å². The molecule has 0 atom stereocenters. The molecular formula is C17H21NO5S. The van der Waals surface area contributed by atoms with E-state index in [1.807, 2.05) is 0 Å². The standard InChI is InChI=1S/C17H21NO5S/c1-21-15-7-5-6-14(10-15)18(24(4,19)20)12-13-8-16(22-2)11-17(9-13)23-3/h5-11H,12H2,1-4H3. The molecule has 0 amide bonds. The Morgan fingerprint density at radius 1 is 0.875 bits per heavy atom. The molecule has 0 aliphatic rings. The molecule has 0 aliphatic carbocycles. The largest absolute Gasteiger partial charge is 0.497 e. The lowest BCUT2D eigenvalue weighted by molar-refractivity contribution is 0.393. The van der Waals surface area contributed by atoms with Crippen LogP contribution >= 0.6 is 0 Å². The third-order valence-electron chi connectivity index (χ3n) is 3.48. The van der Waals surface area contributed by atoms with Crippen LogP contribution in [-0.2, 0) is 16.6 Å². The van der Waals surface area contributed by atoms with Crippen LogP contribution in [0, 0.1) is 0 Å². The van der Waals surface area contributed by atoms with Gasteiger partial charge in [-0.05, 0) is 29.8 Å². The zero-order valence-electron chi connectivity index (χ0n) is 14.1. The first-order valence-electron chi connectivity index (χ1n) is 7.21. The van der Waals surface area contributed by atoms with Gasteiger partial charge < -0.3 is 14.2 Å². The molecule has 24 heavy (non-hydrogen) atoms. The van der Waals surface area contributed by atoms with Gasteiger partial charge in [0.1, 0.15) is 17.2 Å². The number of ether oxygens (including phenoxy) is 3. The third-order valence-corrected chi connectivity index (χ3v) is 4.62. The average Bonchev–Trinajstić information content (AvgIpc) is 2.58. The van der Waals surface area contributed by atoms with E-state index in [9.17, 15) is 8.42 Å². The summed E-state index contributed by atoms with van der Waals surface area (Å²) < 4.78 is 41.5. The van der Waals surface area contributed by atoms with Crippen molar-refractivity contribution in [2.45, 2.75) is 6.54 Å². The molecule has 0 saturated heterocycles. The van der Waals surface area contributed by atoms with Gasteiger partial charge in [0.25, 0.3) is 0 Å². The van der Waals surface area contributed by atoms with E-state index in [2.05, 4.69) is 0 Å². The van der Waals surface area contributed by atoms with Crippen molar-refractivity contribution in [2.75, 3.05) is 31.9 Å². The maximum absolute atomic E-state index is 12.3. The molecule has 0 unspecified atom stereocenters. The molecule has 6 nitrogen and oxygen atoms in total. The topological polar surface area (TPSA) is 65.1 Å². The van der Waals surface area contributed by atoms with Gasteiger partial charge in [0.15, 0.2) is 0 Å². The Morgan fingerprint density at radius 3 is 1.96 bits per heavy atom. The van der Waals surface area contributed by atoms with E-state index < -0.39 is 10.0 Å². The number of hydrogen-bond acceptors (Lipinski definition) is 5. The van der Waals surface area contributed by atoms with Crippen LogP contribution in [0.2, 0.25) is 0 Å². The van der Waals surface area contributed by atoms with Crippen molar-refractivity contribution < 1.29 is 22.6 Å². The summed E-state index contributed by atoms with van der Waals surface area (Å²) in [6.07, 6.45) is 1.17. The van der Waals surface area contributed by atoms with E-state index in [1.165, 1.54) is 17.7 Å². The highest BCUT2D eigenvalue weighted by Gasteiger charge is 2.19. The quantitative estimate of drug-likeness (QED) is 0.767. The summed E-state index contributed by atoms with van der Waals surface area (Å²) in [5, 5.41) is 0. The maximum Gasteiger partial charge on any atom is 0.232 e. The summed E-state index contributed by atoms with van der Waals surface area (Å²) >= 11 is 0. The summed E-state index contributed by atoms with van der Waals surface area (Å²) in [7, 11) is 1.16. The molecule has 0 spiro atoms. The average molecular weight is 351 g/mol. The zero-order valence-corrected chi connectivity index (χ0v) is 15.0. The minimum atomic E-state index is -3.48. The van der Waals surface area contributed by atoms with Gasteiger partial charge in [-0.2, -0.15) is 0 Å². The Balaban J connectivity index is 2.44. The van der Waals surface area contributed by atoms with Crippen LogP contribution in [-0.4, -0.2) is 36.0 Å². The highest BCUT2D eigenvalue weighted by Crippen LogP contribution is 2.28. The second-order valence-corrected chi connectivity index (χ2v) is 7.10. The molecule has 0 saturated carbocycles. The summed E-state index contributed by atoms with van der Waals surface area (Å²) in [6.45, 7) is 0.152. The Labute approximate surface area is 142 Å². The van der Waals surface area contributed by atoms with Gasteiger partial charge >= 0.3 is 0 Å². The van der Waals surface area contributed by atoms with Crippen molar-refractivity contribution >= 4 is 15.7 Å². The highest BCUT2D eigenvalue weighted by molar-refractivity contribution is 7.92. The highest BCUT2D eigenvalue weighted by atomic mass is 32.2. The van der Waals surface area contributed by atoms with E-state index in [4.69, 9.17) is 14.2 Å². The first-order valence-corrected chi connectivity index (χ1v) is 9.06. The lowest BCUT2D eigenvalue weighted by atomic mass is 10.2. The molecule has 2 rings (SSSR count). The van der Waals surface area contributed by atoms with Crippen LogP contribution in [0.1, 0.15) is 5.56 Å². The number of methoxy groups -OCH3 is 3. The number of nitrogens with zero attached hydrogens (tertiary/aromatic N) is 1. The molecule has 0 N–H and O–H groups in total. The summed E-state index contributed by atoms with van der Waals surface area (Å²) in [4.78, 5) is 0. The van der Waals surface area contributed by atoms with Crippen LogP contribution in [0.4, 0.5) is 5.69 Å². The molecule has 0 aromatic heterocycles. The van der Waals surface area contributed by atoms with Gasteiger partial charge in [0, 0.05) is 12.1 Å². The molecule has 2 aromatic rings. The monoisotopic (exact) mass is 351 g/mol. The zero-order chi connectivity index (χ0) is 17.7. The number of hydrogen-bond donors (Lipinski definition) is 0. The second-order valence-electron chi connectivity index (χ2n) is 5.19. The number of sulfonamides is 1. The first-order chi connectivity index (χ1) is 11.4. The maximum atomic E-state index is 12.3. The van der Waals surface area contributed by atoms with Crippen molar-refractivity contribution in [3.63, 3.8) is 0 Å². The molecule has 0 bridgehead atoms. The fourth-order valence-corrected chi connectivity index (χ4v) is 3.17.